The number of halogens is 1. The van der Waals surface area contributed by atoms with Crippen LogP contribution in [-0.4, -0.2) is 17.6 Å². The predicted molar refractivity (Wildman–Crippen MR) is 107 cm³/mol. The number of carbonyl (C=O) groups is 1. The molecule has 1 aliphatic carbocycles. The summed E-state index contributed by atoms with van der Waals surface area (Å²) in [5.41, 5.74) is 3.74. The zero-order chi connectivity index (χ0) is 19.1. The number of hydrogen-bond acceptors (Lipinski definition) is 3. The zero-order valence-corrected chi connectivity index (χ0v) is 15.8. The molecule has 1 atom stereocenters. The Kier molecular flexibility index (Phi) is 4.36. The van der Waals surface area contributed by atoms with E-state index >= 15 is 0 Å². The molecule has 0 saturated heterocycles. The summed E-state index contributed by atoms with van der Waals surface area (Å²) in [6.07, 6.45) is 2.24. The van der Waals surface area contributed by atoms with E-state index < -0.39 is 5.97 Å². The normalized spacial score (nSPS) is 16.0. The third kappa shape index (κ3) is 2.86. The fraction of sp³-hybridized carbons (Fsp3) is 0.182. The number of ether oxygens (including phenoxy) is 1. The van der Waals surface area contributed by atoms with Gasteiger partial charge in [0.15, 0.2) is 0 Å². The molecule has 0 aliphatic heterocycles. The molecule has 136 valence electrons. The van der Waals surface area contributed by atoms with Crippen molar-refractivity contribution in [2.75, 3.05) is 7.11 Å². The maximum atomic E-state index is 12.9. The van der Waals surface area contributed by atoms with Crippen LogP contribution in [0, 0.1) is 0 Å². The first-order chi connectivity index (χ1) is 13.0. The second kappa shape index (κ2) is 6.71. The third-order valence-electron chi connectivity index (χ3n) is 5.23. The molecule has 4 rings (SSSR count). The van der Waals surface area contributed by atoms with Crippen molar-refractivity contribution in [1.82, 2.24) is 4.57 Å². The maximum absolute atomic E-state index is 12.9. The predicted octanol–water partition coefficient (Wildman–Crippen LogP) is 4.09. The summed E-state index contributed by atoms with van der Waals surface area (Å²) < 4.78 is 6.62. The van der Waals surface area contributed by atoms with Crippen LogP contribution < -0.4 is 5.56 Å². The molecule has 4 nitrogen and oxygen atoms in total. The number of benzene rings is 2. The second-order valence-electron chi connectivity index (χ2n) is 6.67. The number of esters is 1. The molecule has 1 aliphatic rings. The number of aryl methyl sites for hydroxylation is 1. The number of carbonyl (C=O) groups excluding carboxylic acids is 1. The van der Waals surface area contributed by atoms with Gasteiger partial charge in [-0.1, -0.05) is 41.9 Å². The van der Waals surface area contributed by atoms with Crippen LogP contribution in [0.25, 0.3) is 17.0 Å². The standard InChI is InChI=1S/C22H18ClNO3/c1-24-20-6-4-3-5-15(20)17-11-16(13-7-9-14(23)10-8-13)19(22(26)27-2)12-18(17)21(24)25/h3-10,12,16H,11H2,1-2H3. The SMILES string of the molecule is COC(=O)C1=Cc2c(c3ccccc3n(C)c2=O)CC1c1ccc(Cl)cc1. The number of para-hydroxylation sites is 1. The van der Waals surface area contributed by atoms with Crippen molar-refractivity contribution in [2.24, 2.45) is 7.05 Å². The smallest absolute Gasteiger partial charge is 0.334 e. The Bertz CT molecular complexity index is 1140. The lowest BCUT2D eigenvalue weighted by atomic mass is 9.78. The zero-order valence-electron chi connectivity index (χ0n) is 15.0. The monoisotopic (exact) mass is 379 g/mol. The minimum Gasteiger partial charge on any atom is -0.466 e. The molecule has 1 heterocycles. The highest BCUT2D eigenvalue weighted by Crippen LogP contribution is 2.38. The van der Waals surface area contributed by atoms with E-state index in [2.05, 4.69) is 0 Å². The summed E-state index contributed by atoms with van der Waals surface area (Å²) in [4.78, 5) is 25.4. The van der Waals surface area contributed by atoms with Gasteiger partial charge in [0.1, 0.15) is 0 Å². The number of pyridine rings is 1. The molecule has 27 heavy (non-hydrogen) atoms. The molecule has 5 heteroatoms. The van der Waals surface area contributed by atoms with Crippen LogP contribution >= 0.6 is 11.6 Å². The van der Waals surface area contributed by atoms with E-state index in [0.717, 1.165) is 22.0 Å². The Hall–Kier alpha value is -2.85. The lowest BCUT2D eigenvalue weighted by Crippen LogP contribution is -2.27. The van der Waals surface area contributed by atoms with Crippen LogP contribution in [0.2, 0.25) is 5.02 Å². The molecule has 0 bridgehead atoms. The molecular formula is C22H18ClNO3. The van der Waals surface area contributed by atoms with E-state index in [1.54, 1.807) is 17.7 Å². The van der Waals surface area contributed by atoms with Crippen molar-refractivity contribution in [3.05, 3.63) is 86.2 Å². The number of fused-ring (bicyclic) bond motifs is 3. The van der Waals surface area contributed by atoms with Gasteiger partial charge in [-0.25, -0.2) is 4.79 Å². The van der Waals surface area contributed by atoms with Crippen molar-refractivity contribution in [2.45, 2.75) is 12.3 Å². The van der Waals surface area contributed by atoms with Gasteiger partial charge < -0.3 is 9.30 Å². The van der Waals surface area contributed by atoms with Crippen LogP contribution in [-0.2, 0) is 23.0 Å². The summed E-state index contributed by atoms with van der Waals surface area (Å²) in [5, 5.41) is 1.66. The topological polar surface area (TPSA) is 48.3 Å². The summed E-state index contributed by atoms with van der Waals surface area (Å²) in [7, 11) is 3.11. The van der Waals surface area contributed by atoms with Gasteiger partial charge in [-0.3, -0.25) is 4.79 Å². The van der Waals surface area contributed by atoms with E-state index in [1.807, 2.05) is 48.5 Å². The quantitative estimate of drug-likeness (QED) is 0.630. The molecular weight excluding hydrogens is 362 g/mol. The molecule has 0 fully saturated rings. The Labute approximate surface area is 161 Å². The molecule has 0 radical (unpaired) electrons. The lowest BCUT2D eigenvalue weighted by Gasteiger charge is -2.26. The van der Waals surface area contributed by atoms with Crippen molar-refractivity contribution < 1.29 is 9.53 Å². The summed E-state index contributed by atoms with van der Waals surface area (Å²) in [6.45, 7) is 0. The number of rotatable bonds is 2. The molecule has 0 saturated carbocycles. The fourth-order valence-electron chi connectivity index (χ4n) is 3.84. The van der Waals surface area contributed by atoms with Gasteiger partial charge in [-0.2, -0.15) is 0 Å². The van der Waals surface area contributed by atoms with Crippen LogP contribution in [0.5, 0.6) is 0 Å². The number of nitrogens with zero attached hydrogens (tertiary/aromatic N) is 1. The van der Waals surface area contributed by atoms with Crippen LogP contribution in [0.15, 0.2) is 58.9 Å². The van der Waals surface area contributed by atoms with Crippen molar-refractivity contribution in [3.8, 4) is 0 Å². The first kappa shape index (κ1) is 17.6. The first-order valence-electron chi connectivity index (χ1n) is 8.67. The molecule has 1 unspecified atom stereocenters. The fourth-order valence-corrected chi connectivity index (χ4v) is 3.96. The molecule has 2 aromatic carbocycles. The van der Waals surface area contributed by atoms with Gasteiger partial charge in [-0.15, -0.1) is 0 Å². The van der Waals surface area contributed by atoms with Crippen molar-refractivity contribution in [1.29, 1.82) is 0 Å². The highest BCUT2D eigenvalue weighted by Gasteiger charge is 2.31. The van der Waals surface area contributed by atoms with E-state index in [9.17, 15) is 9.59 Å². The Morgan fingerprint density at radius 2 is 1.85 bits per heavy atom. The van der Waals surface area contributed by atoms with Gasteiger partial charge in [0, 0.05) is 34.5 Å². The highest BCUT2D eigenvalue weighted by molar-refractivity contribution is 6.30. The minimum atomic E-state index is -0.421. The molecule has 3 aromatic rings. The van der Waals surface area contributed by atoms with Gasteiger partial charge >= 0.3 is 5.97 Å². The highest BCUT2D eigenvalue weighted by atomic mass is 35.5. The Morgan fingerprint density at radius 3 is 2.56 bits per heavy atom. The Morgan fingerprint density at radius 1 is 1.15 bits per heavy atom. The first-order valence-corrected chi connectivity index (χ1v) is 9.05. The van der Waals surface area contributed by atoms with Crippen molar-refractivity contribution in [3.63, 3.8) is 0 Å². The molecule has 1 aromatic heterocycles. The van der Waals surface area contributed by atoms with Gasteiger partial charge in [0.25, 0.3) is 5.56 Å². The van der Waals surface area contributed by atoms with Crippen LogP contribution in [0.1, 0.15) is 22.6 Å². The van der Waals surface area contributed by atoms with Crippen molar-refractivity contribution >= 4 is 34.5 Å². The number of hydrogen-bond donors (Lipinski definition) is 0. The lowest BCUT2D eigenvalue weighted by molar-refractivity contribution is -0.136. The summed E-state index contributed by atoms with van der Waals surface area (Å²) >= 11 is 6.02. The van der Waals surface area contributed by atoms with E-state index in [1.165, 1.54) is 7.11 Å². The van der Waals surface area contributed by atoms with Gasteiger partial charge in [0.05, 0.1) is 12.6 Å². The Balaban J connectivity index is 2.00. The van der Waals surface area contributed by atoms with E-state index in [-0.39, 0.29) is 11.5 Å². The number of aromatic nitrogens is 1. The third-order valence-corrected chi connectivity index (χ3v) is 5.48. The van der Waals surface area contributed by atoms with Crippen LogP contribution in [0.4, 0.5) is 0 Å². The van der Waals surface area contributed by atoms with Gasteiger partial charge in [-0.05, 0) is 41.8 Å². The summed E-state index contributed by atoms with van der Waals surface area (Å²) in [5.74, 6) is -0.617. The molecule has 0 spiro atoms. The van der Waals surface area contributed by atoms with Crippen LogP contribution in [0.3, 0.4) is 0 Å². The largest absolute Gasteiger partial charge is 0.466 e. The molecule has 0 N–H and O–H groups in total. The average Bonchev–Trinajstić information content (AvgIpc) is 2.71. The van der Waals surface area contributed by atoms with E-state index in [4.69, 9.17) is 16.3 Å². The summed E-state index contributed by atoms with van der Waals surface area (Å²) in [6, 6.07) is 15.3. The minimum absolute atomic E-state index is 0.111. The number of methoxy groups -OCH3 is 1. The second-order valence-corrected chi connectivity index (χ2v) is 7.11. The average molecular weight is 380 g/mol. The van der Waals surface area contributed by atoms with E-state index in [0.29, 0.717) is 22.6 Å². The van der Waals surface area contributed by atoms with Gasteiger partial charge in [0.2, 0.25) is 0 Å². The maximum Gasteiger partial charge on any atom is 0.334 e. The molecule has 0 amide bonds.